The zero-order valence-electron chi connectivity index (χ0n) is 13.8. The summed E-state index contributed by atoms with van der Waals surface area (Å²) in [4.78, 5) is 13.3. The number of ether oxygens (including phenoxy) is 1. The summed E-state index contributed by atoms with van der Waals surface area (Å²) in [5.41, 5.74) is 1.92. The van der Waals surface area contributed by atoms with Crippen LogP contribution < -0.4 is 10.1 Å². The van der Waals surface area contributed by atoms with Gasteiger partial charge in [0.1, 0.15) is 12.4 Å². The van der Waals surface area contributed by atoms with Gasteiger partial charge in [-0.3, -0.25) is 4.79 Å². The zero-order valence-corrected chi connectivity index (χ0v) is 14.7. The van der Waals surface area contributed by atoms with Crippen molar-refractivity contribution in [3.8, 4) is 5.75 Å². The number of carbonyl (C=O) groups excluding carboxylic acids is 1. The Labute approximate surface area is 142 Å². The average molecular weight is 329 g/mol. The molecule has 0 bridgehead atoms. The molecule has 2 aromatic rings. The summed E-state index contributed by atoms with van der Waals surface area (Å²) in [7, 11) is 0. The molecule has 4 heteroatoms. The van der Waals surface area contributed by atoms with E-state index in [-0.39, 0.29) is 5.91 Å². The fourth-order valence-corrected chi connectivity index (χ4v) is 3.03. The van der Waals surface area contributed by atoms with Crippen LogP contribution in [-0.2, 0) is 0 Å². The Bertz CT molecular complexity index is 638. The van der Waals surface area contributed by atoms with E-state index in [0.29, 0.717) is 18.4 Å². The van der Waals surface area contributed by atoms with Gasteiger partial charge in [0.15, 0.2) is 0 Å². The number of rotatable bonds is 7. The van der Waals surface area contributed by atoms with Crippen molar-refractivity contribution in [3.63, 3.8) is 0 Å². The van der Waals surface area contributed by atoms with E-state index in [0.717, 1.165) is 16.2 Å². The standard InChI is InChI=1S/C19H23NO2S/c1-14(2)23-18-7-5-4-6-17(18)19(21)20-12-13-22-16-10-8-15(3)9-11-16/h4-11,14H,12-13H2,1-3H3,(H,20,21). The average Bonchev–Trinajstić information content (AvgIpc) is 2.53. The highest BCUT2D eigenvalue weighted by atomic mass is 32.2. The zero-order chi connectivity index (χ0) is 16.7. The molecule has 0 aliphatic heterocycles. The van der Waals surface area contributed by atoms with Gasteiger partial charge in [-0.15, -0.1) is 11.8 Å². The minimum absolute atomic E-state index is 0.0544. The van der Waals surface area contributed by atoms with E-state index in [1.165, 1.54) is 5.56 Å². The summed E-state index contributed by atoms with van der Waals surface area (Å²) < 4.78 is 5.62. The first-order valence-corrected chi connectivity index (χ1v) is 8.67. The lowest BCUT2D eigenvalue weighted by molar-refractivity contribution is 0.0944. The molecule has 1 N–H and O–H groups in total. The molecule has 3 nitrogen and oxygen atoms in total. The number of amides is 1. The van der Waals surface area contributed by atoms with Gasteiger partial charge in [-0.05, 0) is 31.2 Å². The van der Waals surface area contributed by atoms with Gasteiger partial charge in [0.25, 0.3) is 5.91 Å². The second kappa shape index (κ2) is 8.63. The smallest absolute Gasteiger partial charge is 0.252 e. The maximum Gasteiger partial charge on any atom is 0.252 e. The summed E-state index contributed by atoms with van der Waals surface area (Å²) in [5, 5.41) is 3.36. The third kappa shape index (κ3) is 5.64. The van der Waals surface area contributed by atoms with Crippen LogP contribution in [-0.4, -0.2) is 24.3 Å². The first kappa shape index (κ1) is 17.4. The molecule has 0 heterocycles. The van der Waals surface area contributed by atoms with E-state index in [2.05, 4.69) is 19.2 Å². The molecule has 0 radical (unpaired) electrons. The summed E-state index contributed by atoms with van der Waals surface area (Å²) >= 11 is 1.70. The maximum absolute atomic E-state index is 12.3. The summed E-state index contributed by atoms with van der Waals surface area (Å²) in [6.07, 6.45) is 0. The van der Waals surface area contributed by atoms with E-state index >= 15 is 0 Å². The van der Waals surface area contributed by atoms with Crippen molar-refractivity contribution < 1.29 is 9.53 Å². The Morgan fingerprint density at radius 2 is 1.83 bits per heavy atom. The molecule has 0 aliphatic carbocycles. The molecule has 0 atom stereocenters. The third-order valence-electron chi connectivity index (χ3n) is 3.17. The van der Waals surface area contributed by atoms with Crippen molar-refractivity contribution >= 4 is 17.7 Å². The van der Waals surface area contributed by atoms with Crippen molar-refractivity contribution in [3.05, 3.63) is 59.7 Å². The molecule has 0 unspecified atom stereocenters. The Morgan fingerprint density at radius 1 is 1.13 bits per heavy atom. The van der Waals surface area contributed by atoms with Crippen LogP contribution >= 0.6 is 11.8 Å². The molecule has 0 aliphatic rings. The molecular formula is C19H23NO2S. The minimum atomic E-state index is -0.0544. The number of hydrogen-bond donors (Lipinski definition) is 1. The third-order valence-corrected chi connectivity index (χ3v) is 4.25. The highest BCUT2D eigenvalue weighted by Crippen LogP contribution is 2.26. The normalized spacial score (nSPS) is 10.6. The quantitative estimate of drug-likeness (QED) is 0.608. The number of hydrogen-bond acceptors (Lipinski definition) is 3. The molecule has 2 aromatic carbocycles. The van der Waals surface area contributed by atoms with Gasteiger partial charge in [0.2, 0.25) is 0 Å². The molecule has 0 fully saturated rings. The highest BCUT2D eigenvalue weighted by Gasteiger charge is 2.11. The summed E-state index contributed by atoms with van der Waals surface area (Å²) in [6, 6.07) is 15.6. The predicted molar refractivity (Wildman–Crippen MR) is 96.4 cm³/mol. The Hall–Kier alpha value is -1.94. The second-order valence-electron chi connectivity index (χ2n) is 5.58. The first-order chi connectivity index (χ1) is 11.1. The van der Waals surface area contributed by atoms with E-state index < -0.39 is 0 Å². The first-order valence-electron chi connectivity index (χ1n) is 7.79. The molecular weight excluding hydrogens is 306 g/mol. The lowest BCUT2D eigenvalue weighted by Gasteiger charge is -2.12. The SMILES string of the molecule is Cc1ccc(OCCNC(=O)c2ccccc2SC(C)C)cc1. The number of benzene rings is 2. The Kier molecular flexibility index (Phi) is 6.53. The van der Waals surface area contributed by atoms with Crippen molar-refractivity contribution in [2.45, 2.75) is 30.9 Å². The number of thioether (sulfide) groups is 1. The maximum atomic E-state index is 12.3. The van der Waals surface area contributed by atoms with Crippen molar-refractivity contribution in [1.29, 1.82) is 0 Å². The molecule has 2 rings (SSSR count). The molecule has 0 aromatic heterocycles. The number of aryl methyl sites for hydroxylation is 1. The van der Waals surface area contributed by atoms with Gasteiger partial charge in [0, 0.05) is 10.1 Å². The number of carbonyl (C=O) groups is 1. The van der Waals surface area contributed by atoms with Gasteiger partial charge in [-0.1, -0.05) is 43.7 Å². The molecule has 1 amide bonds. The topological polar surface area (TPSA) is 38.3 Å². The van der Waals surface area contributed by atoms with Crippen LogP contribution in [0.15, 0.2) is 53.4 Å². The van der Waals surface area contributed by atoms with Crippen molar-refractivity contribution in [2.75, 3.05) is 13.2 Å². The summed E-state index contributed by atoms with van der Waals surface area (Å²) in [6.45, 7) is 7.21. The Balaban J connectivity index is 1.84. The fourth-order valence-electron chi connectivity index (χ4n) is 2.07. The fraction of sp³-hybridized carbons (Fsp3) is 0.316. The van der Waals surface area contributed by atoms with E-state index in [1.807, 2.05) is 55.5 Å². The van der Waals surface area contributed by atoms with Gasteiger partial charge in [0.05, 0.1) is 12.1 Å². The van der Waals surface area contributed by atoms with Crippen LogP contribution in [0.4, 0.5) is 0 Å². The van der Waals surface area contributed by atoms with Crippen LogP contribution in [0, 0.1) is 6.92 Å². The monoisotopic (exact) mass is 329 g/mol. The molecule has 0 spiro atoms. The molecule has 122 valence electrons. The van der Waals surface area contributed by atoms with Crippen LogP contribution in [0.5, 0.6) is 5.75 Å². The largest absolute Gasteiger partial charge is 0.492 e. The van der Waals surface area contributed by atoms with Gasteiger partial charge in [-0.25, -0.2) is 0 Å². The van der Waals surface area contributed by atoms with Crippen LogP contribution in [0.3, 0.4) is 0 Å². The predicted octanol–water partition coefficient (Wildman–Crippen LogP) is 4.30. The lowest BCUT2D eigenvalue weighted by Crippen LogP contribution is -2.28. The molecule has 23 heavy (non-hydrogen) atoms. The van der Waals surface area contributed by atoms with Gasteiger partial charge < -0.3 is 10.1 Å². The van der Waals surface area contributed by atoms with Gasteiger partial charge in [-0.2, -0.15) is 0 Å². The summed E-state index contributed by atoms with van der Waals surface area (Å²) in [5.74, 6) is 0.766. The molecule has 0 saturated carbocycles. The Morgan fingerprint density at radius 3 is 2.52 bits per heavy atom. The van der Waals surface area contributed by atoms with E-state index in [1.54, 1.807) is 11.8 Å². The van der Waals surface area contributed by atoms with E-state index in [9.17, 15) is 4.79 Å². The highest BCUT2D eigenvalue weighted by molar-refractivity contribution is 8.00. The van der Waals surface area contributed by atoms with Crippen LogP contribution in [0.2, 0.25) is 0 Å². The van der Waals surface area contributed by atoms with Crippen molar-refractivity contribution in [1.82, 2.24) is 5.32 Å². The van der Waals surface area contributed by atoms with Gasteiger partial charge >= 0.3 is 0 Å². The minimum Gasteiger partial charge on any atom is -0.492 e. The second-order valence-corrected chi connectivity index (χ2v) is 7.20. The van der Waals surface area contributed by atoms with E-state index in [4.69, 9.17) is 4.74 Å². The van der Waals surface area contributed by atoms with Crippen molar-refractivity contribution in [2.24, 2.45) is 0 Å². The number of nitrogens with one attached hydrogen (secondary N) is 1. The molecule has 0 saturated heterocycles. The van der Waals surface area contributed by atoms with Crippen LogP contribution in [0.25, 0.3) is 0 Å². The lowest BCUT2D eigenvalue weighted by atomic mass is 10.2. The van der Waals surface area contributed by atoms with Crippen LogP contribution in [0.1, 0.15) is 29.8 Å².